The minimum absolute atomic E-state index is 0.227. The molecule has 5 rings (SSSR count). The molecule has 36 heavy (non-hydrogen) atoms. The fraction of sp³-hybridized carbons (Fsp3) is 0.323. The van der Waals surface area contributed by atoms with E-state index in [9.17, 15) is 14.4 Å². The highest BCUT2D eigenvalue weighted by molar-refractivity contribution is 6.23. The van der Waals surface area contributed by atoms with Crippen LogP contribution < -0.4 is 4.90 Å². The van der Waals surface area contributed by atoms with Crippen LogP contribution in [0.25, 0.3) is 0 Å². The molecule has 5 heteroatoms. The minimum Gasteiger partial charge on any atom is -0.305 e. The summed E-state index contributed by atoms with van der Waals surface area (Å²) in [6.45, 7) is 10.5. The lowest BCUT2D eigenvalue weighted by Gasteiger charge is -2.48. The van der Waals surface area contributed by atoms with Crippen LogP contribution in [0.1, 0.15) is 76.1 Å². The number of hydrogen-bond donors (Lipinski definition) is 0. The molecule has 0 spiro atoms. The zero-order chi connectivity index (χ0) is 25.8. The third-order valence-corrected chi connectivity index (χ3v) is 7.74. The Labute approximate surface area is 212 Å². The molecule has 2 atom stereocenters. The van der Waals surface area contributed by atoms with Crippen LogP contribution in [0, 0.1) is 13.8 Å². The van der Waals surface area contributed by atoms with E-state index in [0.29, 0.717) is 11.1 Å². The van der Waals surface area contributed by atoms with Gasteiger partial charge >= 0.3 is 0 Å². The fourth-order valence-corrected chi connectivity index (χ4v) is 5.87. The second-order valence-electron chi connectivity index (χ2n) is 10.8. The van der Waals surface area contributed by atoms with Gasteiger partial charge < -0.3 is 4.90 Å². The summed E-state index contributed by atoms with van der Waals surface area (Å²) in [5.41, 5.74) is 5.42. The van der Waals surface area contributed by atoms with Crippen molar-refractivity contribution in [2.45, 2.75) is 65.0 Å². The van der Waals surface area contributed by atoms with Crippen molar-refractivity contribution in [3.05, 3.63) is 100 Å². The third kappa shape index (κ3) is 3.83. The highest BCUT2D eigenvalue weighted by atomic mass is 16.2. The zero-order valence-corrected chi connectivity index (χ0v) is 21.5. The van der Waals surface area contributed by atoms with E-state index in [1.54, 1.807) is 24.3 Å². The normalized spacial score (nSPS) is 19.2. The van der Waals surface area contributed by atoms with Crippen molar-refractivity contribution in [2.75, 3.05) is 4.90 Å². The molecular weight excluding hydrogens is 448 g/mol. The van der Waals surface area contributed by atoms with E-state index < -0.39 is 23.4 Å². The van der Waals surface area contributed by atoms with Crippen LogP contribution in [-0.4, -0.2) is 34.2 Å². The number of carbonyl (C=O) groups is 3. The molecule has 0 saturated carbocycles. The summed E-state index contributed by atoms with van der Waals surface area (Å²) in [5, 5.41) is 0. The van der Waals surface area contributed by atoms with Crippen LogP contribution in [0.3, 0.4) is 0 Å². The zero-order valence-electron chi connectivity index (χ0n) is 21.5. The number of rotatable bonds is 4. The molecule has 0 unspecified atom stereocenters. The van der Waals surface area contributed by atoms with Crippen LogP contribution in [-0.2, 0) is 11.2 Å². The second-order valence-corrected chi connectivity index (χ2v) is 10.8. The number of nitrogens with zero attached hydrogens (tertiary/aromatic N) is 2. The molecule has 0 fully saturated rings. The van der Waals surface area contributed by atoms with Gasteiger partial charge in [0.15, 0.2) is 0 Å². The molecule has 3 amide bonds. The SMILES string of the molecule is Cc1cc2c(cc1C)N(C(=O)[C@@H](Cc1ccccc1)N1C(=O)c3ccccc3C1=O)C(C)(C)C[C@H]2C. The number of anilines is 1. The Balaban J connectivity index is 1.64. The quantitative estimate of drug-likeness (QED) is 0.442. The van der Waals surface area contributed by atoms with Gasteiger partial charge in [0, 0.05) is 17.6 Å². The molecule has 5 nitrogen and oxygen atoms in total. The maximum atomic E-state index is 14.6. The minimum atomic E-state index is -0.957. The van der Waals surface area contributed by atoms with Crippen LogP contribution in [0.5, 0.6) is 0 Å². The van der Waals surface area contributed by atoms with Gasteiger partial charge in [-0.1, -0.05) is 55.5 Å². The topological polar surface area (TPSA) is 57.7 Å². The fourth-order valence-electron chi connectivity index (χ4n) is 5.87. The Kier molecular flexibility index (Phi) is 5.82. The second kappa shape index (κ2) is 8.74. The molecule has 2 aliphatic heterocycles. The average Bonchev–Trinajstić information content (AvgIpc) is 3.09. The number of imide groups is 1. The number of carbonyl (C=O) groups excluding carboxylic acids is 3. The van der Waals surface area contributed by atoms with Crippen LogP contribution >= 0.6 is 0 Å². The molecule has 184 valence electrons. The summed E-state index contributed by atoms with van der Waals surface area (Å²) < 4.78 is 0. The van der Waals surface area contributed by atoms with Gasteiger partial charge in [-0.25, -0.2) is 0 Å². The predicted molar refractivity (Wildman–Crippen MR) is 141 cm³/mol. The first-order valence-corrected chi connectivity index (χ1v) is 12.6. The largest absolute Gasteiger partial charge is 0.305 e. The Hall–Kier alpha value is -3.73. The van der Waals surface area contributed by atoms with E-state index in [0.717, 1.165) is 28.8 Å². The van der Waals surface area contributed by atoms with Crippen molar-refractivity contribution in [1.29, 1.82) is 0 Å². The van der Waals surface area contributed by atoms with Crippen molar-refractivity contribution in [1.82, 2.24) is 4.90 Å². The molecule has 0 radical (unpaired) electrons. The van der Waals surface area contributed by atoms with Gasteiger partial charge in [-0.3, -0.25) is 19.3 Å². The van der Waals surface area contributed by atoms with E-state index >= 15 is 0 Å². The lowest BCUT2D eigenvalue weighted by atomic mass is 9.78. The van der Waals surface area contributed by atoms with Gasteiger partial charge in [-0.05, 0) is 80.5 Å². The number of hydrogen-bond acceptors (Lipinski definition) is 3. The number of benzene rings is 3. The van der Waals surface area contributed by atoms with E-state index in [-0.39, 0.29) is 18.2 Å². The first kappa shape index (κ1) is 24.0. The van der Waals surface area contributed by atoms with Crippen LogP contribution in [0.2, 0.25) is 0 Å². The highest BCUT2D eigenvalue weighted by Gasteiger charge is 2.48. The Morgan fingerprint density at radius 1 is 0.917 bits per heavy atom. The van der Waals surface area contributed by atoms with Crippen molar-refractivity contribution in [3.8, 4) is 0 Å². The van der Waals surface area contributed by atoms with Gasteiger partial charge in [0.25, 0.3) is 17.7 Å². The molecule has 0 aliphatic carbocycles. The van der Waals surface area contributed by atoms with Crippen molar-refractivity contribution < 1.29 is 14.4 Å². The molecule has 0 aromatic heterocycles. The van der Waals surface area contributed by atoms with Crippen LogP contribution in [0.4, 0.5) is 5.69 Å². The summed E-state index contributed by atoms with van der Waals surface area (Å²) >= 11 is 0. The van der Waals surface area contributed by atoms with Crippen molar-refractivity contribution >= 4 is 23.4 Å². The summed E-state index contributed by atoms with van der Waals surface area (Å²) in [5.74, 6) is -0.762. The van der Waals surface area contributed by atoms with Gasteiger partial charge in [-0.2, -0.15) is 0 Å². The average molecular weight is 481 g/mol. The van der Waals surface area contributed by atoms with E-state index in [1.165, 1.54) is 10.5 Å². The highest BCUT2D eigenvalue weighted by Crippen LogP contribution is 2.45. The Morgan fingerprint density at radius 3 is 2.08 bits per heavy atom. The maximum absolute atomic E-state index is 14.6. The molecular formula is C31H32N2O3. The monoisotopic (exact) mass is 480 g/mol. The summed E-state index contributed by atoms with van der Waals surface area (Å²) in [6.07, 6.45) is 1.04. The Morgan fingerprint density at radius 2 is 1.47 bits per heavy atom. The van der Waals surface area contributed by atoms with E-state index in [1.807, 2.05) is 35.2 Å². The van der Waals surface area contributed by atoms with E-state index in [4.69, 9.17) is 0 Å². The van der Waals surface area contributed by atoms with E-state index in [2.05, 4.69) is 46.8 Å². The van der Waals surface area contributed by atoms with Gasteiger partial charge in [-0.15, -0.1) is 0 Å². The lowest BCUT2D eigenvalue weighted by molar-refractivity contribution is -0.123. The summed E-state index contributed by atoms with van der Waals surface area (Å²) in [7, 11) is 0. The number of fused-ring (bicyclic) bond motifs is 2. The van der Waals surface area contributed by atoms with Gasteiger partial charge in [0.1, 0.15) is 6.04 Å². The smallest absolute Gasteiger partial charge is 0.262 e. The third-order valence-electron chi connectivity index (χ3n) is 7.74. The van der Waals surface area contributed by atoms with Crippen LogP contribution in [0.15, 0.2) is 66.7 Å². The molecule has 0 bridgehead atoms. The Bertz CT molecular complexity index is 1340. The maximum Gasteiger partial charge on any atom is 0.262 e. The number of amides is 3. The molecule has 3 aromatic rings. The van der Waals surface area contributed by atoms with Crippen molar-refractivity contribution in [3.63, 3.8) is 0 Å². The first-order valence-electron chi connectivity index (χ1n) is 12.6. The molecule has 2 aliphatic rings. The predicted octanol–water partition coefficient (Wildman–Crippen LogP) is 5.83. The summed E-state index contributed by atoms with van der Waals surface area (Å²) in [4.78, 5) is 44.7. The lowest BCUT2D eigenvalue weighted by Crippen LogP contribution is -2.59. The molecule has 0 saturated heterocycles. The van der Waals surface area contributed by atoms with Gasteiger partial charge in [0.2, 0.25) is 0 Å². The molecule has 0 N–H and O–H groups in total. The first-order chi connectivity index (χ1) is 17.1. The van der Waals surface area contributed by atoms with Crippen molar-refractivity contribution in [2.24, 2.45) is 0 Å². The standard InChI is InChI=1S/C31H32N2O3/c1-19-15-25-21(3)18-31(4,5)33(26(25)16-20(19)2)30(36)27(17-22-11-7-6-8-12-22)32-28(34)23-13-9-10-14-24(23)29(32)35/h6-16,21,27H,17-18H2,1-5H3/t21-,27-/m1/s1. The molecule has 3 aromatic carbocycles. The molecule has 2 heterocycles. The summed E-state index contributed by atoms with van der Waals surface area (Å²) in [6, 6.07) is 19.7. The number of aryl methyl sites for hydroxylation is 2. The van der Waals surface area contributed by atoms with Gasteiger partial charge in [0.05, 0.1) is 11.1 Å².